The van der Waals surface area contributed by atoms with E-state index in [1.54, 1.807) is 0 Å². The molecule has 0 saturated heterocycles. The number of nitrogens with zero attached hydrogens (tertiary/aromatic N) is 2. The summed E-state index contributed by atoms with van der Waals surface area (Å²) in [5.74, 6) is 0. The summed E-state index contributed by atoms with van der Waals surface area (Å²) in [4.78, 5) is 13.2. The minimum atomic E-state index is -2.87. The lowest BCUT2D eigenvalue weighted by Gasteiger charge is -2.06. The van der Waals surface area contributed by atoms with E-state index < -0.39 is 29.3 Å². The summed E-state index contributed by atoms with van der Waals surface area (Å²) in [7, 11) is 0. The second-order valence-electron chi connectivity index (χ2n) is 2.85. The van der Waals surface area contributed by atoms with E-state index in [0.717, 1.165) is 0 Å². The van der Waals surface area contributed by atoms with Gasteiger partial charge in [-0.1, -0.05) is 0 Å². The van der Waals surface area contributed by atoms with Crippen LogP contribution in [0.5, 0.6) is 0 Å². The Balaban J connectivity index is 3.38. The second kappa shape index (κ2) is 4.26. The molecule has 0 fully saturated rings. The summed E-state index contributed by atoms with van der Waals surface area (Å²) in [5.41, 5.74) is -1.18. The van der Waals surface area contributed by atoms with Crippen molar-refractivity contribution in [3.05, 3.63) is 33.1 Å². The molecule has 0 bridgehead atoms. The number of alkyl halides is 2. The molecule has 0 atom stereocenters. The average molecular weight is 218 g/mol. The Morgan fingerprint density at radius 2 is 2.27 bits per heavy atom. The molecular formula is C8H8F2N2O3. The number of nitro groups is 1. The van der Waals surface area contributed by atoms with Crippen LogP contribution in [-0.2, 0) is 6.61 Å². The molecule has 0 aromatic carbocycles. The van der Waals surface area contributed by atoms with E-state index in [9.17, 15) is 18.9 Å². The van der Waals surface area contributed by atoms with E-state index in [0.29, 0.717) is 6.07 Å². The number of rotatable bonds is 3. The van der Waals surface area contributed by atoms with Crippen LogP contribution in [0.3, 0.4) is 0 Å². The fourth-order valence-electron chi connectivity index (χ4n) is 1.18. The topological polar surface area (TPSA) is 76.3 Å². The monoisotopic (exact) mass is 218 g/mol. The predicted octanol–water partition coefficient (Wildman–Crippen LogP) is 1.73. The minimum Gasteiger partial charge on any atom is -0.391 e. The van der Waals surface area contributed by atoms with Crippen molar-refractivity contribution in [1.82, 2.24) is 4.98 Å². The molecule has 1 aromatic rings. The lowest BCUT2D eigenvalue weighted by molar-refractivity contribution is -0.386. The molecule has 0 aliphatic carbocycles. The number of aromatic nitrogens is 1. The zero-order chi connectivity index (χ0) is 11.6. The first-order valence-electron chi connectivity index (χ1n) is 4.01. The lowest BCUT2D eigenvalue weighted by atomic mass is 10.1. The Kier molecular flexibility index (Phi) is 3.25. The SMILES string of the molecule is Cc1nc(C(F)F)cc([N+](=O)[O-])c1CO. The first kappa shape index (κ1) is 11.4. The number of pyridine rings is 1. The highest BCUT2D eigenvalue weighted by molar-refractivity contribution is 5.43. The van der Waals surface area contributed by atoms with Crippen LogP contribution in [-0.4, -0.2) is 15.0 Å². The quantitative estimate of drug-likeness (QED) is 0.619. The van der Waals surface area contributed by atoms with Crippen LogP contribution in [0.4, 0.5) is 14.5 Å². The highest BCUT2D eigenvalue weighted by Gasteiger charge is 2.21. The summed E-state index contributed by atoms with van der Waals surface area (Å²) in [6.45, 7) is 0.739. The largest absolute Gasteiger partial charge is 0.391 e. The van der Waals surface area contributed by atoms with Crippen molar-refractivity contribution >= 4 is 5.69 Å². The van der Waals surface area contributed by atoms with Crippen LogP contribution in [0.15, 0.2) is 6.07 Å². The van der Waals surface area contributed by atoms with Crippen LogP contribution in [0.1, 0.15) is 23.4 Å². The maximum Gasteiger partial charge on any atom is 0.280 e. The molecule has 0 radical (unpaired) electrons. The van der Waals surface area contributed by atoms with Crippen LogP contribution in [0.2, 0.25) is 0 Å². The van der Waals surface area contributed by atoms with Crippen LogP contribution in [0, 0.1) is 17.0 Å². The molecule has 0 amide bonds. The van der Waals surface area contributed by atoms with Gasteiger partial charge in [0.25, 0.3) is 12.1 Å². The molecule has 0 aliphatic rings. The van der Waals surface area contributed by atoms with Gasteiger partial charge in [-0.05, 0) is 6.92 Å². The highest BCUT2D eigenvalue weighted by Crippen LogP contribution is 2.26. The van der Waals surface area contributed by atoms with Crippen molar-refractivity contribution in [1.29, 1.82) is 0 Å². The van der Waals surface area contributed by atoms with E-state index in [-0.39, 0.29) is 11.3 Å². The third kappa shape index (κ3) is 2.24. The number of aliphatic hydroxyl groups is 1. The summed E-state index contributed by atoms with van der Waals surface area (Å²) in [5, 5.41) is 19.4. The Morgan fingerprint density at radius 1 is 1.67 bits per heavy atom. The van der Waals surface area contributed by atoms with Crippen LogP contribution < -0.4 is 0 Å². The highest BCUT2D eigenvalue weighted by atomic mass is 19.3. The normalized spacial score (nSPS) is 10.7. The standard InChI is InChI=1S/C8H8F2N2O3/c1-4-5(3-13)7(12(14)15)2-6(11-4)8(9)10/h2,8,13H,3H2,1H3. The number of aliphatic hydroxyl groups excluding tert-OH is 1. The summed E-state index contributed by atoms with van der Waals surface area (Å²) in [6.07, 6.45) is -2.87. The van der Waals surface area contributed by atoms with E-state index in [4.69, 9.17) is 5.11 Å². The van der Waals surface area contributed by atoms with Gasteiger partial charge in [0, 0.05) is 6.07 Å². The van der Waals surface area contributed by atoms with Crippen molar-refractivity contribution in [3.8, 4) is 0 Å². The van der Waals surface area contributed by atoms with Crippen LogP contribution >= 0.6 is 0 Å². The number of halogens is 2. The van der Waals surface area contributed by atoms with Gasteiger partial charge >= 0.3 is 0 Å². The number of aryl methyl sites for hydroxylation is 1. The molecule has 0 unspecified atom stereocenters. The third-order valence-corrected chi connectivity index (χ3v) is 1.91. The Bertz CT molecular complexity index is 396. The Hall–Kier alpha value is -1.63. The molecule has 7 heteroatoms. The van der Waals surface area contributed by atoms with Crippen molar-refractivity contribution in [2.45, 2.75) is 20.0 Å². The molecule has 5 nitrogen and oxygen atoms in total. The van der Waals surface area contributed by atoms with Crippen molar-refractivity contribution in [2.24, 2.45) is 0 Å². The van der Waals surface area contributed by atoms with Gasteiger partial charge in [0.05, 0.1) is 22.8 Å². The maximum atomic E-state index is 12.3. The average Bonchev–Trinajstić information content (AvgIpc) is 2.16. The van der Waals surface area contributed by atoms with Crippen LogP contribution in [0.25, 0.3) is 0 Å². The van der Waals surface area contributed by atoms with Gasteiger partial charge in [-0.25, -0.2) is 8.78 Å². The van der Waals surface area contributed by atoms with E-state index in [1.165, 1.54) is 6.92 Å². The Morgan fingerprint density at radius 3 is 2.67 bits per heavy atom. The van der Waals surface area contributed by atoms with Gasteiger partial charge < -0.3 is 5.11 Å². The van der Waals surface area contributed by atoms with E-state index in [1.807, 2.05) is 0 Å². The number of hydrogen-bond donors (Lipinski definition) is 1. The van der Waals surface area contributed by atoms with Gasteiger partial charge in [0.15, 0.2) is 0 Å². The molecule has 0 aliphatic heterocycles. The summed E-state index contributed by atoms with van der Waals surface area (Å²) >= 11 is 0. The predicted molar refractivity (Wildman–Crippen MR) is 46.5 cm³/mol. The molecule has 1 rings (SSSR count). The zero-order valence-electron chi connectivity index (χ0n) is 7.78. The van der Waals surface area contributed by atoms with Crippen molar-refractivity contribution in [3.63, 3.8) is 0 Å². The lowest BCUT2D eigenvalue weighted by Crippen LogP contribution is -2.04. The van der Waals surface area contributed by atoms with Gasteiger partial charge in [-0.15, -0.1) is 0 Å². The first-order chi connectivity index (χ1) is 6.97. The van der Waals surface area contributed by atoms with E-state index in [2.05, 4.69) is 4.98 Å². The molecule has 82 valence electrons. The molecule has 15 heavy (non-hydrogen) atoms. The summed E-state index contributed by atoms with van der Waals surface area (Å²) < 4.78 is 24.6. The van der Waals surface area contributed by atoms with Gasteiger partial charge in [-0.3, -0.25) is 15.1 Å². The third-order valence-electron chi connectivity index (χ3n) is 1.91. The van der Waals surface area contributed by atoms with Gasteiger partial charge in [-0.2, -0.15) is 0 Å². The van der Waals surface area contributed by atoms with Gasteiger partial charge in [0.1, 0.15) is 5.69 Å². The fraction of sp³-hybridized carbons (Fsp3) is 0.375. The molecule has 1 heterocycles. The van der Waals surface area contributed by atoms with Crippen molar-refractivity contribution < 1.29 is 18.8 Å². The molecular weight excluding hydrogens is 210 g/mol. The van der Waals surface area contributed by atoms with Gasteiger partial charge in [0.2, 0.25) is 0 Å². The molecule has 0 saturated carbocycles. The fourth-order valence-corrected chi connectivity index (χ4v) is 1.18. The Labute approximate surface area is 83.5 Å². The zero-order valence-corrected chi connectivity index (χ0v) is 7.78. The molecule has 1 aromatic heterocycles. The smallest absolute Gasteiger partial charge is 0.280 e. The number of hydrogen-bond acceptors (Lipinski definition) is 4. The first-order valence-corrected chi connectivity index (χ1v) is 4.01. The molecule has 1 N–H and O–H groups in total. The summed E-state index contributed by atoms with van der Waals surface area (Å²) in [6, 6.07) is 0.684. The molecule has 0 spiro atoms. The maximum absolute atomic E-state index is 12.3. The van der Waals surface area contributed by atoms with E-state index >= 15 is 0 Å². The minimum absolute atomic E-state index is 0.0376. The second-order valence-corrected chi connectivity index (χ2v) is 2.85. The van der Waals surface area contributed by atoms with Crippen molar-refractivity contribution in [2.75, 3.05) is 0 Å².